The lowest BCUT2D eigenvalue weighted by Crippen LogP contribution is -2.38. The van der Waals surface area contributed by atoms with Gasteiger partial charge in [0.25, 0.3) is 0 Å². The van der Waals surface area contributed by atoms with Crippen LogP contribution in [0.2, 0.25) is 0 Å². The number of aromatic amines is 2. The first-order valence-corrected chi connectivity index (χ1v) is 11.5. The molecule has 2 aromatic carbocycles. The Morgan fingerprint density at radius 3 is 2.80 bits per heavy atom. The van der Waals surface area contributed by atoms with Gasteiger partial charge in [-0.15, -0.1) is 0 Å². The predicted octanol–water partition coefficient (Wildman–Crippen LogP) is 3.25. The number of aromatic nitrogens is 4. The number of para-hydroxylation sites is 1. The minimum absolute atomic E-state index is 0.0664. The van der Waals surface area contributed by atoms with Crippen LogP contribution in [-0.2, 0) is 0 Å². The van der Waals surface area contributed by atoms with Gasteiger partial charge in [0.2, 0.25) is 5.95 Å². The number of benzene rings is 2. The number of hydrogen-bond acceptors (Lipinski definition) is 7. The zero-order valence-corrected chi connectivity index (χ0v) is 18.6. The Balaban J connectivity index is 1.53. The van der Waals surface area contributed by atoms with Gasteiger partial charge in [-0.25, -0.2) is 15.0 Å². The standard InChI is InChI=1S/C26H21N7O2/c27-26-29-11-8-17(31-26)23-22-14(7-10-28-23)13-5-6-18(34)20(21(13)32-22)24-15-3-1-2-4-16(15)30-25-19(35)9-12-33(24)25/h1-8,10-11,19,24,28,32,35H,9,12H2,(H2,27,29,31)/t19-,24-/m0/s1. The van der Waals surface area contributed by atoms with E-state index in [0.29, 0.717) is 30.1 Å². The Bertz CT molecular complexity index is 1740. The van der Waals surface area contributed by atoms with Crippen LogP contribution in [-0.4, -0.2) is 48.4 Å². The highest BCUT2D eigenvalue weighted by Crippen LogP contribution is 2.43. The number of fused-ring (bicyclic) bond motifs is 5. The van der Waals surface area contributed by atoms with E-state index in [9.17, 15) is 9.90 Å². The van der Waals surface area contributed by atoms with Crippen molar-refractivity contribution < 1.29 is 5.11 Å². The van der Waals surface area contributed by atoms with Crippen LogP contribution in [0.5, 0.6) is 0 Å². The van der Waals surface area contributed by atoms with Gasteiger partial charge in [0.15, 0.2) is 5.43 Å². The average molecular weight is 464 g/mol. The molecule has 0 unspecified atom stereocenters. The number of aliphatic hydroxyl groups is 1. The first-order chi connectivity index (χ1) is 17.1. The summed E-state index contributed by atoms with van der Waals surface area (Å²) >= 11 is 0. The van der Waals surface area contributed by atoms with Crippen LogP contribution < -0.4 is 11.2 Å². The van der Waals surface area contributed by atoms with Gasteiger partial charge in [0, 0.05) is 35.3 Å². The monoisotopic (exact) mass is 463 g/mol. The summed E-state index contributed by atoms with van der Waals surface area (Å²) in [6.45, 7) is 0.619. The molecule has 9 heteroatoms. The molecule has 1 saturated heterocycles. The molecule has 9 nitrogen and oxygen atoms in total. The van der Waals surface area contributed by atoms with Gasteiger partial charge in [-0.1, -0.05) is 18.2 Å². The summed E-state index contributed by atoms with van der Waals surface area (Å²) in [6, 6.07) is 14.7. The first kappa shape index (κ1) is 19.9. The van der Waals surface area contributed by atoms with E-state index >= 15 is 0 Å². The molecule has 0 spiro atoms. The number of nitrogens with zero attached hydrogens (tertiary/aromatic N) is 4. The summed E-state index contributed by atoms with van der Waals surface area (Å²) in [4.78, 5) is 35.5. The van der Waals surface area contributed by atoms with Crippen molar-refractivity contribution in [2.45, 2.75) is 18.6 Å². The molecular weight excluding hydrogens is 442 g/mol. The smallest absolute Gasteiger partial charge is 0.220 e. The minimum atomic E-state index is -0.646. The van der Waals surface area contributed by atoms with Crippen molar-refractivity contribution in [2.75, 3.05) is 12.3 Å². The molecule has 0 radical (unpaired) electrons. The van der Waals surface area contributed by atoms with Gasteiger partial charge in [-0.3, -0.25) is 4.79 Å². The quantitative estimate of drug-likeness (QED) is 0.317. The topological polar surface area (TPSA) is 136 Å². The number of nitrogens with one attached hydrogen (secondary N) is 2. The fraction of sp³-hybridized carbons (Fsp3) is 0.154. The van der Waals surface area contributed by atoms with Crippen LogP contribution in [0.4, 0.5) is 11.6 Å². The predicted molar refractivity (Wildman–Crippen MR) is 135 cm³/mol. The number of amidine groups is 1. The molecule has 0 aliphatic carbocycles. The molecule has 5 N–H and O–H groups in total. The van der Waals surface area contributed by atoms with Crippen LogP contribution in [0.15, 0.2) is 70.7 Å². The lowest BCUT2D eigenvalue weighted by Gasteiger charge is -2.35. The summed E-state index contributed by atoms with van der Waals surface area (Å²) in [6.07, 6.45) is 3.40. The number of rotatable bonds is 2. The van der Waals surface area contributed by atoms with E-state index in [4.69, 9.17) is 10.7 Å². The number of H-pyrrole nitrogens is 2. The Hall–Kier alpha value is -4.50. The zero-order valence-electron chi connectivity index (χ0n) is 18.6. The van der Waals surface area contributed by atoms with Gasteiger partial charge in [-0.2, -0.15) is 0 Å². The second-order valence-corrected chi connectivity index (χ2v) is 8.90. The maximum absolute atomic E-state index is 13.5. The highest BCUT2D eigenvalue weighted by Gasteiger charge is 2.40. The normalized spacial score (nSPS) is 19.1. The molecule has 5 heterocycles. The molecule has 0 bridgehead atoms. The van der Waals surface area contributed by atoms with Gasteiger partial charge in [0.05, 0.1) is 39.7 Å². The van der Waals surface area contributed by atoms with E-state index in [1.165, 1.54) is 0 Å². The average Bonchev–Trinajstić information content (AvgIpc) is 3.43. The van der Waals surface area contributed by atoms with Gasteiger partial charge < -0.3 is 25.7 Å². The van der Waals surface area contributed by atoms with E-state index < -0.39 is 6.10 Å². The minimum Gasteiger partial charge on any atom is -0.385 e. The van der Waals surface area contributed by atoms with Crippen LogP contribution in [0.1, 0.15) is 23.6 Å². The Morgan fingerprint density at radius 2 is 1.91 bits per heavy atom. The molecule has 0 saturated carbocycles. The summed E-state index contributed by atoms with van der Waals surface area (Å²) in [5.41, 5.74) is 11.1. The number of nitrogens with two attached hydrogens (primary N) is 1. The highest BCUT2D eigenvalue weighted by molar-refractivity contribution is 6.12. The molecule has 1 fully saturated rings. The second kappa shape index (κ2) is 7.25. The summed E-state index contributed by atoms with van der Waals surface area (Å²) in [5.74, 6) is 0.802. The molecule has 5 aromatic rings. The molecule has 0 amide bonds. The van der Waals surface area contributed by atoms with Crippen molar-refractivity contribution in [2.24, 2.45) is 4.99 Å². The largest absolute Gasteiger partial charge is 0.385 e. The summed E-state index contributed by atoms with van der Waals surface area (Å²) in [5, 5.41) is 12.5. The van der Waals surface area contributed by atoms with Crippen LogP contribution in [0.3, 0.4) is 0 Å². The van der Waals surface area contributed by atoms with Gasteiger partial charge in [-0.05, 0) is 36.8 Å². The molecule has 2 atom stereocenters. The molecular formula is C26H21N7O2. The van der Waals surface area contributed by atoms with Crippen LogP contribution in [0.25, 0.3) is 33.2 Å². The number of hydrogen-bond donors (Lipinski definition) is 4. The van der Waals surface area contributed by atoms with E-state index in [1.807, 2.05) is 42.6 Å². The number of nitrogen functional groups attached to an aromatic ring is 1. The second-order valence-electron chi connectivity index (χ2n) is 8.90. The maximum atomic E-state index is 13.5. The molecule has 7 rings (SSSR count). The third-order valence-corrected chi connectivity index (χ3v) is 6.96. The summed E-state index contributed by atoms with van der Waals surface area (Å²) in [7, 11) is 0. The van der Waals surface area contributed by atoms with E-state index in [-0.39, 0.29) is 17.4 Å². The lowest BCUT2D eigenvalue weighted by atomic mass is 9.92. The molecule has 172 valence electrons. The van der Waals surface area contributed by atoms with Crippen molar-refractivity contribution in [1.82, 2.24) is 24.8 Å². The van der Waals surface area contributed by atoms with Crippen LogP contribution in [0, 0.1) is 0 Å². The number of aliphatic imine (C=N–C) groups is 1. The number of pyridine rings is 1. The van der Waals surface area contributed by atoms with Gasteiger partial charge >= 0.3 is 0 Å². The van der Waals surface area contributed by atoms with Crippen molar-refractivity contribution >= 4 is 39.3 Å². The third kappa shape index (κ3) is 2.85. The fourth-order valence-electron chi connectivity index (χ4n) is 5.44. The Morgan fingerprint density at radius 1 is 1.06 bits per heavy atom. The number of anilines is 1. The third-order valence-electron chi connectivity index (χ3n) is 6.96. The van der Waals surface area contributed by atoms with Crippen molar-refractivity contribution in [1.29, 1.82) is 0 Å². The fourth-order valence-corrected chi connectivity index (χ4v) is 5.44. The Labute approximate surface area is 199 Å². The SMILES string of the molecule is Nc1nccc(-c2[nH]ccc3c2[nH]c2c([C@@H]4c5ccccc5N=C5[C@@H](O)CCN54)c(=O)ccc23)n1. The maximum Gasteiger partial charge on any atom is 0.220 e. The van der Waals surface area contributed by atoms with Crippen molar-refractivity contribution in [3.63, 3.8) is 0 Å². The molecule has 3 aromatic heterocycles. The number of aliphatic hydroxyl groups excluding tert-OH is 1. The molecule has 2 aliphatic heterocycles. The molecule has 35 heavy (non-hydrogen) atoms. The van der Waals surface area contributed by atoms with E-state index in [0.717, 1.165) is 38.8 Å². The highest BCUT2D eigenvalue weighted by atomic mass is 16.3. The van der Waals surface area contributed by atoms with E-state index in [2.05, 4.69) is 24.8 Å². The Kier molecular flexibility index (Phi) is 4.13. The van der Waals surface area contributed by atoms with Crippen LogP contribution >= 0.6 is 0 Å². The van der Waals surface area contributed by atoms with Crippen molar-refractivity contribution in [3.8, 4) is 11.4 Å². The van der Waals surface area contributed by atoms with Crippen molar-refractivity contribution in [3.05, 3.63) is 82.3 Å². The lowest BCUT2D eigenvalue weighted by molar-refractivity contribution is 0.245. The zero-order chi connectivity index (χ0) is 23.7. The summed E-state index contributed by atoms with van der Waals surface area (Å²) < 4.78 is 0. The van der Waals surface area contributed by atoms with Gasteiger partial charge in [0.1, 0.15) is 11.9 Å². The first-order valence-electron chi connectivity index (χ1n) is 11.5. The molecule has 2 aliphatic rings. The van der Waals surface area contributed by atoms with E-state index in [1.54, 1.807) is 18.3 Å².